The van der Waals surface area contributed by atoms with Crippen molar-refractivity contribution in [3.05, 3.63) is 56.4 Å². The van der Waals surface area contributed by atoms with Crippen molar-refractivity contribution in [1.29, 1.82) is 0 Å². The monoisotopic (exact) mass is 390 g/mol. The fraction of sp³-hybridized carbons (Fsp3) is 0.368. The number of dihydropyridines is 1. The van der Waals surface area contributed by atoms with Crippen molar-refractivity contribution in [2.24, 2.45) is 0 Å². The summed E-state index contributed by atoms with van der Waals surface area (Å²) in [6.45, 7) is 6.53. The van der Waals surface area contributed by atoms with Crippen LogP contribution in [0.1, 0.15) is 39.2 Å². The first-order valence-electron chi connectivity index (χ1n) is 8.53. The minimum atomic E-state index is -1.26. The van der Waals surface area contributed by atoms with Gasteiger partial charge in [-0.3, -0.25) is 10.1 Å². The summed E-state index contributed by atoms with van der Waals surface area (Å²) in [6.07, 6.45) is -0.430. The number of carboxylic acid groups (broad SMARTS) is 1. The van der Waals surface area contributed by atoms with Crippen LogP contribution in [0.15, 0.2) is 40.7 Å². The topological polar surface area (TPSA) is 128 Å². The number of carbonyl (C=O) groups is 2. The van der Waals surface area contributed by atoms with E-state index in [0.717, 1.165) is 0 Å². The summed E-state index contributed by atoms with van der Waals surface area (Å²) in [5.74, 6) is -2.83. The fourth-order valence-corrected chi connectivity index (χ4v) is 3.20. The van der Waals surface area contributed by atoms with E-state index in [1.165, 1.54) is 25.3 Å². The molecule has 150 valence electrons. The molecule has 0 fully saturated rings. The van der Waals surface area contributed by atoms with Crippen molar-refractivity contribution >= 4 is 17.6 Å². The van der Waals surface area contributed by atoms with E-state index in [1.807, 2.05) is 0 Å². The zero-order valence-electron chi connectivity index (χ0n) is 16.2. The molecule has 0 saturated carbocycles. The van der Waals surface area contributed by atoms with Crippen LogP contribution in [-0.2, 0) is 14.3 Å². The van der Waals surface area contributed by atoms with E-state index in [0.29, 0.717) is 11.4 Å². The minimum Gasteiger partial charge on any atom is -0.496 e. The largest absolute Gasteiger partial charge is 0.496 e. The molecule has 0 aromatic heterocycles. The van der Waals surface area contributed by atoms with Crippen LogP contribution >= 0.6 is 0 Å². The zero-order valence-corrected chi connectivity index (χ0v) is 16.2. The van der Waals surface area contributed by atoms with Crippen LogP contribution in [0, 0.1) is 10.1 Å². The molecule has 1 aromatic rings. The highest BCUT2D eigenvalue weighted by Gasteiger charge is 2.39. The molecule has 2 rings (SSSR count). The number of hydrogen-bond acceptors (Lipinski definition) is 7. The lowest BCUT2D eigenvalue weighted by atomic mass is 9.80. The van der Waals surface area contributed by atoms with Gasteiger partial charge in [-0.1, -0.05) is 0 Å². The van der Waals surface area contributed by atoms with Gasteiger partial charge in [-0.15, -0.1) is 0 Å². The number of benzene rings is 1. The molecule has 9 heteroatoms. The van der Waals surface area contributed by atoms with Crippen LogP contribution < -0.4 is 10.1 Å². The second-order valence-electron chi connectivity index (χ2n) is 6.58. The van der Waals surface area contributed by atoms with E-state index in [1.54, 1.807) is 27.7 Å². The number of nitrogens with one attached hydrogen (secondary N) is 1. The minimum absolute atomic E-state index is 0.0653. The molecule has 9 nitrogen and oxygen atoms in total. The van der Waals surface area contributed by atoms with Gasteiger partial charge in [0.05, 0.1) is 35.2 Å². The number of allylic oxidation sites excluding steroid dienone is 2. The lowest BCUT2D eigenvalue weighted by molar-refractivity contribution is -0.384. The molecule has 1 unspecified atom stereocenters. The number of ether oxygens (including phenoxy) is 2. The Labute approximate surface area is 161 Å². The molecular formula is C19H22N2O7. The molecular weight excluding hydrogens is 368 g/mol. The Kier molecular flexibility index (Phi) is 6.07. The Morgan fingerprint density at radius 1 is 1.21 bits per heavy atom. The van der Waals surface area contributed by atoms with Crippen molar-refractivity contribution in [3.63, 3.8) is 0 Å². The van der Waals surface area contributed by atoms with Crippen molar-refractivity contribution in [2.45, 2.75) is 39.7 Å². The van der Waals surface area contributed by atoms with Gasteiger partial charge < -0.3 is 19.9 Å². The van der Waals surface area contributed by atoms with Crippen LogP contribution in [0.3, 0.4) is 0 Å². The number of esters is 1. The molecule has 1 aliphatic heterocycles. The summed E-state index contributed by atoms with van der Waals surface area (Å²) >= 11 is 0. The number of non-ortho nitro benzene ring substituents is 1. The van der Waals surface area contributed by atoms with E-state index in [4.69, 9.17) is 9.47 Å². The summed E-state index contributed by atoms with van der Waals surface area (Å²) < 4.78 is 10.6. The number of nitro benzene ring substituents is 1. The predicted octanol–water partition coefficient (Wildman–Crippen LogP) is 2.87. The molecule has 0 amide bonds. The number of nitrogens with zero attached hydrogens (tertiary/aromatic N) is 1. The Hall–Kier alpha value is -3.36. The van der Waals surface area contributed by atoms with Gasteiger partial charge in [-0.05, 0) is 33.8 Å². The SMILES string of the molecule is COc1ccc([N+](=O)[O-])cc1C1C(C(=O)O)=C(C)NC(C)=C1C(=O)OC(C)C. The van der Waals surface area contributed by atoms with Gasteiger partial charge in [0.1, 0.15) is 5.75 Å². The first-order valence-corrected chi connectivity index (χ1v) is 8.53. The highest BCUT2D eigenvalue weighted by Crippen LogP contribution is 2.43. The third-order valence-corrected chi connectivity index (χ3v) is 4.29. The van der Waals surface area contributed by atoms with Gasteiger partial charge in [-0.25, -0.2) is 9.59 Å². The van der Waals surface area contributed by atoms with Crippen molar-refractivity contribution in [1.82, 2.24) is 5.32 Å². The summed E-state index contributed by atoms with van der Waals surface area (Å²) in [6, 6.07) is 3.86. The van der Waals surface area contributed by atoms with Gasteiger partial charge in [0.25, 0.3) is 5.69 Å². The predicted molar refractivity (Wildman–Crippen MR) is 99.8 cm³/mol. The molecule has 2 N–H and O–H groups in total. The van der Waals surface area contributed by atoms with Crippen molar-refractivity contribution < 1.29 is 29.1 Å². The number of rotatable bonds is 6. The Bertz CT molecular complexity index is 900. The number of nitro groups is 1. The third kappa shape index (κ3) is 3.98. The van der Waals surface area contributed by atoms with E-state index < -0.39 is 28.9 Å². The maximum absolute atomic E-state index is 12.8. The van der Waals surface area contributed by atoms with Crippen LogP contribution in [0.4, 0.5) is 5.69 Å². The molecule has 1 aromatic carbocycles. The molecule has 0 bridgehead atoms. The molecule has 1 atom stereocenters. The maximum atomic E-state index is 12.8. The van der Waals surface area contributed by atoms with Gasteiger partial charge in [-0.2, -0.15) is 0 Å². The lowest BCUT2D eigenvalue weighted by Gasteiger charge is -2.30. The highest BCUT2D eigenvalue weighted by atomic mass is 16.6. The summed E-state index contributed by atoms with van der Waals surface area (Å²) in [5, 5.41) is 24.0. The third-order valence-electron chi connectivity index (χ3n) is 4.29. The standard InChI is InChI=1S/C19H22N2O7/c1-9(2)28-19(24)16-11(4)20-10(3)15(18(22)23)17(16)13-8-12(21(25)26)6-7-14(13)27-5/h6-9,17,20H,1-5H3,(H,22,23). The first kappa shape index (κ1) is 20.9. The van der Waals surface area contributed by atoms with Gasteiger partial charge in [0.2, 0.25) is 0 Å². The summed E-state index contributed by atoms with van der Waals surface area (Å²) in [7, 11) is 1.37. The quantitative estimate of drug-likeness (QED) is 0.431. The van der Waals surface area contributed by atoms with Crippen LogP contribution in [0.25, 0.3) is 0 Å². The normalized spacial score (nSPS) is 16.7. The zero-order chi connectivity index (χ0) is 21.2. The Morgan fingerprint density at radius 2 is 1.82 bits per heavy atom. The second kappa shape index (κ2) is 8.12. The highest BCUT2D eigenvalue weighted by molar-refractivity contribution is 5.99. The van der Waals surface area contributed by atoms with Crippen LogP contribution in [-0.4, -0.2) is 35.2 Å². The number of methoxy groups -OCH3 is 1. The van der Waals surface area contributed by atoms with Crippen molar-refractivity contribution in [3.8, 4) is 5.75 Å². The molecule has 0 saturated heterocycles. The maximum Gasteiger partial charge on any atom is 0.337 e. The van der Waals surface area contributed by atoms with E-state index in [2.05, 4.69) is 5.32 Å². The summed E-state index contributed by atoms with van der Waals surface area (Å²) in [5.41, 5.74) is 0.642. The van der Waals surface area contributed by atoms with Gasteiger partial charge in [0.15, 0.2) is 0 Å². The average molecular weight is 390 g/mol. The first-order chi connectivity index (χ1) is 13.1. The molecule has 0 spiro atoms. The number of carbonyl (C=O) groups excluding carboxylic acids is 1. The smallest absolute Gasteiger partial charge is 0.337 e. The Balaban J connectivity index is 2.80. The lowest BCUT2D eigenvalue weighted by Crippen LogP contribution is -2.32. The molecule has 1 aliphatic rings. The number of carboxylic acids is 1. The Morgan fingerprint density at radius 3 is 2.32 bits per heavy atom. The molecule has 0 radical (unpaired) electrons. The van der Waals surface area contributed by atoms with Crippen LogP contribution in [0.2, 0.25) is 0 Å². The number of aliphatic carboxylic acids is 1. The summed E-state index contributed by atoms with van der Waals surface area (Å²) in [4.78, 5) is 35.5. The fourth-order valence-electron chi connectivity index (χ4n) is 3.20. The van der Waals surface area contributed by atoms with Gasteiger partial charge >= 0.3 is 11.9 Å². The molecule has 28 heavy (non-hydrogen) atoms. The average Bonchev–Trinajstić information content (AvgIpc) is 2.59. The van der Waals surface area contributed by atoms with Gasteiger partial charge in [0, 0.05) is 29.1 Å². The number of hydrogen-bond donors (Lipinski definition) is 2. The second-order valence-corrected chi connectivity index (χ2v) is 6.58. The van der Waals surface area contributed by atoms with Crippen molar-refractivity contribution in [2.75, 3.05) is 7.11 Å². The van der Waals surface area contributed by atoms with E-state index >= 15 is 0 Å². The van der Waals surface area contributed by atoms with E-state index in [-0.39, 0.29) is 28.1 Å². The van der Waals surface area contributed by atoms with E-state index in [9.17, 15) is 24.8 Å². The van der Waals surface area contributed by atoms with Crippen LogP contribution in [0.5, 0.6) is 5.75 Å². The molecule has 0 aliphatic carbocycles. The molecule has 1 heterocycles.